The number of hydrogen-bond acceptors (Lipinski definition) is 1. The van der Waals surface area contributed by atoms with Crippen molar-refractivity contribution in [3.05, 3.63) is 58.6 Å². The maximum Gasteiger partial charge on any atom is 0.127 e. The summed E-state index contributed by atoms with van der Waals surface area (Å²) in [6, 6.07) is 14.3. The summed E-state index contributed by atoms with van der Waals surface area (Å²) < 4.78 is 0. The Balaban J connectivity index is 2.04. The van der Waals surface area contributed by atoms with Gasteiger partial charge < -0.3 is 4.79 Å². The Labute approximate surface area is 118 Å². The minimum absolute atomic E-state index is 0.0807. The Morgan fingerprint density at radius 1 is 1.11 bits per heavy atom. The second-order valence-electron chi connectivity index (χ2n) is 5.06. The quantitative estimate of drug-likeness (QED) is 0.728. The third-order valence-electron chi connectivity index (χ3n) is 3.83. The normalized spacial score (nSPS) is 17.8. The maximum absolute atomic E-state index is 11.1. The molecular weight excluding hydrogens is 256 g/mol. The van der Waals surface area contributed by atoms with E-state index in [4.69, 9.17) is 11.6 Å². The van der Waals surface area contributed by atoms with Gasteiger partial charge >= 0.3 is 0 Å². The van der Waals surface area contributed by atoms with E-state index in [0.717, 1.165) is 36.1 Å². The first-order valence-electron chi connectivity index (χ1n) is 6.62. The first kappa shape index (κ1) is 12.4. The van der Waals surface area contributed by atoms with Crippen molar-refractivity contribution < 1.29 is 4.79 Å². The van der Waals surface area contributed by atoms with Crippen molar-refractivity contribution in [3.8, 4) is 11.1 Å². The molecule has 0 fully saturated rings. The zero-order valence-electron chi connectivity index (χ0n) is 10.6. The van der Waals surface area contributed by atoms with E-state index >= 15 is 0 Å². The summed E-state index contributed by atoms with van der Waals surface area (Å²) in [7, 11) is 0. The molecule has 0 saturated carbocycles. The average Bonchev–Trinajstić information content (AvgIpc) is 2.46. The molecule has 1 atom stereocenters. The molecule has 2 aromatic carbocycles. The van der Waals surface area contributed by atoms with Crippen LogP contribution in [0, 0.1) is 0 Å². The molecule has 0 heterocycles. The van der Waals surface area contributed by atoms with Crippen LogP contribution in [-0.2, 0) is 11.2 Å². The van der Waals surface area contributed by atoms with Crippen LogP contribution in [0.15, 0.2) is 42.5 Å². The Morgan fingerprint density at radius 3 is 2.74 bits per heavy atom. The molecule has 1 nitrogen and oxygen atoms in total. The molecule has 0 bridgehead atoms. The van der Waals surface area contributed by atoms with Gasteiger partial charge in [0, 0.05) is 10.9 Å². The molecule has 96 valence electrons. The number of hydrogen-bond donors (Lipinski definition) is 0. The zero-order valence-corrected chi connectivity index (χ0v) is 11.4. The van der Waals surface area contributed by atoms with Gasteiger partial charge in [-0.3, -0.25) is 0 Å². The lowest BCUT2D eigenvalue weighted by Gasteiger charge is -2.22. The molecule has 19 heavy (non-hydrogen) atoms. The summed E-state index contributed by atoms with van der Waals surface area (Å²) in [5.41, 5.74) is 4.81. The Bertz CT molecular complexity index is 618. The van der Waals surface area contributed by atoms with Gasteiger partial charge in [-0.2, -0.15) is 0 Å². The third-order valence-corrected chi connectivity index (χ3v) is 4.06. The highest BCUT2D eigenvalue weighted by Gasteiger charge is 2.19. The summed E-state index contributed by atoms with van der Waals surface area (Å²) in [6.07, 6.45) is 4.22. The van der Waals surface area contributed by atoms with E-state index in [2.05, 4.69) is 24.3 Å². The Kier molecular flexibility index (Phi) is 3.39. The minimum atomic E-state index is 0.0807. The number of halogens is 1. The van der Waals surface area contributed by atoms with E-state index in [1.165, 1.54) is 16.7 Å². The van der Waals surface area contributed by atoms with Crippen LogP contribution in [0.4, 0.5) is 0 Å². The number of aldehydes is 1. The van der Waals surface area contributed by atoms with Gasteiger partial charge in [-0.1, -0.05) is 41.9 Å². The first-order valence-corrected chi connectivity index (χ1v) is 7.00. The van der Waals surface area contributed by atoms with Crippen molar-refractivity contribution in [2.24, 2.45) is 0 Å². The van der Waals surface area contributed by atoms with E-state index in [-0.39, 0.29) is 5.92 Å². The second-order valence-corrected chi connectivity index (χ2v) is 5.50. The van der Waals surface area contributed by atoms with E-state index in [1.54, 1.807) is 0 Å². The number of rotatable bonds is 2. The van der Waals surface area contributed by atoms with Crippen molar-refractivity contribution in [3.63, 3.8) is 0 Å². The number of aryl methyl sites for hydroxylation is 1. The predicted octanol–water partition coefficient (Wildman–Crippen LogP) is 4.63. The molecule has 0 amide bonds. The van der Waals surface area contributed by atoms with Crippen LogP contribution in [-0.4, -0.2) is 6.29 Å². The van der Waals surface area contributed by atoms with Crippen molar-refractivity contribution in [2.75, 3.05) is 0 Å². The Morgan fingerprint density at radius 2 is 1.95 bits per heavy atom. The van der Waals surface area contributed by atoms with Crippen molar-refractivity contribution >= 4 is 17.9 Å². The van der Waals surface area contributed by atoms with Crippen LogP contribution in [0.25, 0.3) is 11.1 Å². The van der Waals surface area contributed by atoms with Gasteiger partial charge in [-0.15, -0.1) is 0 Å². The topological polar surface area (TPSA) is 17.1 Å². The predicted molar refractivity (Wildman–Crippen MR) is 78.6 cm³/mol. The summed E-state index contributed by atoms with van der Waals surface area (Å²) in [5, 5.41) is 0.751. The highest BCUT2D eigenvalue weighted by Crippen LogP contribution is 2.33. The van der Waals surface area contributed by atoms with Crippen LogP contribution in [0.1, 0.15) is 29.9 Å². The highest BCUT2D eigenvalue weighted by atomic mass is 35.5. The molecule has 0 radical (unpaired) electrons. The fourth-order valence-electron chi connectivity index (χ4n) is 2.84. The molecule has 3 rings (SSSR count). The highest BCUT2D eigenvalue weighted by molar-refractivity contribution is 6.30. The van der Waals surface area contributed by atoms with Gasteiger partial charge in [-0.25, -0.2) is 0 Å². The van der Waals surface area contributed by atoms with Gasteiger partial charge in [0.2, 0.25) is 0 Å². The number of fused-ring (bicyclic) bond motifs is 1. The van der Waals surface area contributed by atoms with Crippen LogP contribution < -0.4 is 0 Å². The molecule has 2 aromatic rings. The molecule has 1 aliphatic rings. The smallest absolute Gasteiger partial charge is 0.127 e. The number of benzene rings is 2. The lowest BCUT2D eigenvalue weighted by molar-refractivity contribution is -0.109. The molecule has 0 N–H and O–H groups in total. The molecule has 0 aliphatic heterocycles. The van der Waals surface area contributed by atoms with E-state index in [1.807, 2.05) is 18.2 Å². The molecule has 0 saturated heterocycles. The molecule has 0 aromatic heterocycles. The van der Waals surface area contributed by atoms with E-state index in [0.29, 0.717) is 0 Å². The third kappa shape index (κ3) is 2.43. The monoisotopic (exact) mass is 270 g/mol. The van der Waals surface area contributed by atoms with E-state index in [9.17, 15) is 4.79 Å². The fraction of sp³-hybridized carbons (Fsp3) is 0.235. The molecule has 2 heteroatoms. The van der Waals surface area contributed by atoms with Crippen LogP contribution >= 0.6 is 11.6 Å². The SMILES string of the molecule is O=CC1CCCc2cc(-c3cccc(Cl)c3)ccc21. The lowest BCUT2D eigenvalue weighted by atomic mass is 9.82. The van der Waals surface area contributed by atoms with Crippen LogP contribution in [0.2, 0.25) is 5.02 Å². The Hall–Kier alpha value is -1.60. The van der Waals surface area contributed by atoms with Gasteiger partial charge in [0.05, 0.1) is 0 Å². The summed E-state index contributed by atoms with van der Waals surface area (Å²) in [5.74, 6) is 0.0807. The second kappa shape index (κ2) is 5.18. The summed E-state index contributed by atoms with van der Waals surface area (Å²) in [4.78, 5) is 11.1. The number of carbonyl (C=O) groups excluding carboxylic acids is 1. The summed E-state index contributed by atoms with van der Waals surface area (Å²) in [6.45, 7) is 0. The molecule has 1 aliphatic carbocycles. The first-order chi connectivity index (χ1) is 9.28. The minimum Gasteiger partial charge on any atom is -0.303 e. The van der Waals surface area contributed by atoms with Crippen molar-refractivity contribution in [1.29, 1.82) is 0 Å². The van der Waals surface area contributed by atoms with E-state index < -0.39 is 0 Å². The number of carbonyl (C=O) groups is 1. The fourth-order valence-corrected chi connectivity index (χ4v) is 3.03. The van der Waals surface area contributed by atoms with Crippen LogP contribution in [0.3, 0.4) is 0 Å². The standard InChI is InChI=1S/C17H15ClO/c18-16-6-2-3-12(10-16)13-7-8-17-14(9-13)4-1-5-15(17)11-19/h2-3,6-11,15H,1,4-5H2. The van der Waals surface area contributed by atoms with Crippen LogP contribution in [0.5, 0.6) is 0 Å². The summed E-state index contributed by atoms with van der Waals surface area (Å²) >= 11 is 6.04. The van der Waals surface area contributed by atoms with Gasteiger partial charge in [0.25, 0.3) is 0 Å². The van der Waals surface area contributed by atoms with Crippen molar-refractivity contribution in [1.82, 2.24) is 0 Å². The molecular formula is C17H15ClO. The van der Waals surface area contributed by atoms with Crippen molar-refractivity contribution in [2.45, 2.75) is 25.2 Å². The molecule has 1 unspecified atom stereocenters. The maximum atomic E-state index is 11.1. The van der Waals surface area contributed by atoms with Gasteiger partial charge in [0.15, 0.2) is 0 Å². The lowest BCUT2D eigenvalue weighted by Crippen LogP contribution is -2.10. The van der Waals surface area contributed by atoms with Gasteiger partial charge in [-0.05, 0) is 53.6 Å². The van der Waals surface area contributed by atoms with Gasteiger partial charge in [0.1, 0.15) is 6.29 Å². The largest absolute Gasteiger partial charge is 0.303 e. The average molecular weight is 271 g/mol. The zero-order chi connectivity index (χ0) is 13.2. The molecule has 0 spiro atoms.